The van der Waals surface area contributed by atoms with Crippen molar-refractivity contribution in [1.29, 1.82) is 0 Å². The normalized spacial score (nSPS) is 10.9. The molecule has 0 aliphatic carbocycles. The number of imidazole rings is 1. The Morgan fingerprint density at radius 1 is 1.18 bits per heavy atom. The van der Waals surface area contributed by atoms with Gasteiger partial charge < -0.3 is 9.47 Å². The van der Waals surface area contributed by atoms with Gasteiger partial charge in [0.1, 0.15) is 11.5 Å². The molecule has 0 saturated heterocycles. The summed E-state index contributed by atoms with van der Waals surface area (Å²) in [6.45, 7) is 0. The lowest BCUT2D eigenvalue weighted by molar-refractivity contribution is 0.398. The number of hydrogen-bond donors (Lipinski definition) is 0. The molecule has 0 bridgehead atoms. The highest BCUT2D eigenvalue weighted by atomic mass is 79.9. The smallest absolute Gasteiger partial charge is 0.172 e. The Balaban J connectivity index is 1.87. The molecule has 3 aromatic rings. The van der Waals surface area contributed by atoms with Crippen LogP contribution in [0.4, 0.5) is 0 Å². The second-order valence-corrected chi connectivity index (χ2v) is 6.42. The van der Waals surface area contributed by atoms with Gasteiger partial charge in [0.15, 0.2) is 5.16 Å². The summed E-state index contributed by atoms with van der Waals surface area (Å²) in [6, 6.07) is 9.97. The zero-order valence-corrected chi connectivity index (χ0v) is 14.6. The van der Waals surface area contributed by atoms with Crippen molar-refractivity contribution < 1.29 is 9.47 Å². The SMILES string of the molecule is COc1cc(CSc2ncc3ccccn23)c(OC)cc1Br. The summed E-state index contributed by atoms with van der Waals surface area (Å²) in [4.78, 5) is 4.47. The topological polar surface area (TPSA) is 35.8 Å². The zero-order chi connectivity index (χ0) is 15.5. The molecule has 0 saturated carbocycles. The molecule has 0 unspecified atom stereocenters. The van der Waals surface area contributed by atoms with Crippen molar-refractivity contribution in [3.63, 3.8) is 0 Å². The number of nitrogens with zero attached hydrogens (tertiary/aromatic N) is 2. The Kier molecular flexibility index (Phi) is 4.59. The second kappa shape index (κ2) is 6.62. The van der Waals surface area contributed by atoms with E-state index in [2.05, 4.69) is 25.3 Å². The van der Waals surface area contributed by atoms with Crippen molar-refractivity contribution in [2.24, 2.45) is 0 Å². The third-order valence-electron chi connectivity index (χ3n) is 3.32. The molecule has 1 aromatic carbocycles. The third kappa shape index (κ3) is 2.94. The first kappa shape index (κ1) is 15.2. The quantitative estimate of drug-likeness (QED) is 0.616. The fourth-order valence-electron chi connectivity index (χ4n) is 2.20. The van der Waals surface area contributed by atoms with Gasteiger partial charge in [-0.2, -0.15) is 0 Å². The lowest BCUT2D eigenvalue weighted by Gasteiger charge is -2.11. The van der Waals surface area contributed by atoms with E-state index in [0.29, 0.717) is 0 Å². The van der Waals surface area contributed by atoms with Gasteiger partial charge in [-0.3, -0.25) is 4.40 Å². The van der Waals surface area contributed by atoms with Crippen LogP contribution < -0.4 is 9.47 Å². The summed E-state index contributed by atoms with van der Waals surface area (Å²) in [7, 11) is 3.33. The van der Waals surface area contributed by atoms with Crippen LogP contribution in [0.25, 0.3) is 5.52 Å². The standard InChI is InChI=1S/C16H15BrN2O2S/c1-20-14-8-13(17)15(21-2)7-11(14)10-22-16-18-9-12-5-3-4-6-19(12)16/h3-9H,10H2,1-2H3. The van der Waals surface area contributed by atoms with Crippen molar-refractivity contribution in [2.75, 3.05) is 14.2 Å². The van der Waals surface area contributed by atoms with Gasteiger partial charge in [0.2, 0.25) is 0 Å². The average Bonchev–Trinajstić information content (AvgIpc) is 2.96. The van der Waals surface area contributed by atoms with E-state index in [1.165, 1.54) is 0 Å². The lowest BCUT2D eigenvalue weighted by Crippen LogP contribution is -1.94. The fourth-order valence-corrected chi connectivity index (χ4v) is 3.63. The van der Waals surface area contributed by atoms with Crippen LogP contribution in [0.3, 0.4) is 0 Å². The van der Waals surface area contributed by atoms with Gasteiger partial charge >= 0.3 is 0 Å². The minimum Gasteiger partial charge on any atom is -0.496 e. The molecule has 0 aliphatic rings. The summed E-state index contributed by atoms with van der Waals surface area (Å²) in [5.41, 5.74) is 2.16. The van der Waals surface area contributed by atoms with E-state index < -0.39 is 0 Å². The van der Waals surface area contributed by atoms with Crippen LogP contribution in [-0.4, -0.2) is 23.6 Å². The first-order chi connectivity index (χ1) is 10.7. The summed E-state index contributed by atoms with van der Waals surface area (Å²) in [5.74, 6) is 2.38. The molecule has 0 amide bonds. The van der Waals surface area contributed by atoms with Crippen LogP contribution in [0, 0.1) is 0 Å². The predicted molar refractivity (Wildman–Crippen MR) is 92.0 cm³/mol. The first-order valence-corrected chi connectivity index (χ1v) is 8.46. The number of thioether (sulfide) groups is 1. The van der Waals surface area contributed by atoms with Crippen LogP contribution in [0.2, 0.25) is 0 Å². The van der Waals surface area contributed by atoms with E-state index in [1.807, 2.05) is 42.7 Å². The highest BCUT2D eigenvalue weighted by molar-refractivity contribution is 9.10. The number of pyridine rings is 1. The van der Waals surface area contributed by atoms with Gasteiger partial charge in [-0.15, -0.1) is 0 Å². The predicted octanol–water partition coefficient (Wildman–Crippen LogP) is 4.41. The molecule has 22 heavy (non-hydrogen) atoms. The number of hydrogen-bond acceptors (Lipinski definition) is 4. The molecule has 0 radical (unpaired) electrons. The minimum absolute atomic E-state index is 0.751. The Hall–Kier alpha value is -1.66. The molecular formula is C16H15BrN2O2S. The van der Waals surface area contributed by atoms with Gasteiger partial charge in [0.25, 0.3) is 0 Å². The van der Waals surface area contributed by atoms with Crippen molar-refractivity contribution in [1.82, 2.24) is 9.38 Å². The van der Waals surface area contributed by atoms with Crippen LogP contribution in [-0.2, 0) is 5.75 Å². The van der Waals surface area contributed by atoms with E-state index in [1.54, 1.807) is 26.0 Å². The van der Waals surface area contributed by atoms with E-state index in [9.17, 15) is 0 Å². The number of rotatable bonds is 5. The van der Waals surface area contributed by atoms with Crippen LogP contribution in [0.5, 0.6) is 11.5 Å². The molecule has 0 fully saturated rings. The van der Waals surface area contributed by atoms with Gasteiger partial charge in [0.05, 0.1) is 30.4 Å². The Morgan fingerprint density at radius 2 is 2.00 bits per heavy atom. The summed E-state index contributed by atoms with van der Waals surface area (Å²) >= 11 is 5.14. The number of methoxy groups -OCH3 is 2. The largest absolute Gasteiger partial charge is 0.496 e. The maximum Gasteiger partial charge on any atom is 0.172 e. The van der Waals surface area contributed by atoms with Crippen molar-refractivity contribution in [3.05, 3.63) is 52.8 Å². The van der Waals surface area contributed by atoms with Gasteiger partial charge in [-0.05, 0) is 40.2 Å². The van der Waals surface area contributed by atoms with Crippen molar-refractivity contribution in [3.8, 4) is 11.5 Å². The van der Waals surface area contributed by atoms with Gasteiger partial charge in [0, 0.05) is 17.5 Å². The molecule has 3 rings (SSSR count). The second-order valence-electron chi connectivity index (χ2n) is 4.62. The average molecular weight is 379 g/mol. The van der Waals surface area contributed by atoms with Crippen molar-refractivity contribution in [2.45, 2.75) is 10.9 Å². The number of benzene rings is 1. The van der Waals surface area contributed by atoms with Gasteiger partial charge in [-0.25, -0.2) is 4.98 Å². The number of fused-ring (bicyclic) bond motifs is 1. The minimum atomic E-state index is 0.751. The summed E-state index contributed by atoms with van der Waals surface area (Å²) < 4.78 is 13.8. The Bertz CT molecular complexity index is 804. The molecule has 0 N–H and O–H groups in total. The maximum absolute atomic E-state index is 5.46. The number of ether oxygens (including phenoxy) is 2. The van der Waals surface area contributed by atoms with Gasteiger partial charge in [-0.1, -0.05) is 17.8 Å². The van der Waals surface area contributed by atoms with Crippen LogP contribution >= 0.6 is 27.7 Å². The number of aromatic nitrogens is 2. The molecular weight excluding hydrogens is 364 g/mol. The van der Waals surface area contributed by atoms with E-state index >= 15 is 0 Å². The molecule has 6 heteroatoms. The summed E-state index contributed by atoms with van der Waals surface area (Å²) in [6.07, 6.45) is 3.89. The lowest BCUT2D eigenvalue weighted by atomic mass is 10.2. The molecule has 4 nitrogen and oxygen atoms in total. The molecule has 0 atom stereocenters. The Labute approximate surface area is 141 Å². The van der Waals surface area contributed by atoms with E-state index in [-0.39, 0.29) is 0 Å². The number of halogens is 1. The highest BCUT2D eigenvalue weighted by Gasteiger charge is 2.11. The third-order valence-corrected chi connectivity index (χ3v) is 4.95. The van der Waals surface area contributed by atoms with E-state index in [0.717, 1.165) is 38.0 Å². The first-order valence-electron chi connectivity index (χ1n) is 6.68. The molecule has 0 aliphatic heterocycles. The van der Waals surface area contributed by atoms with Crippen molar-refractivity contribution >= 4 is 33.2 Å². The van der Waals surface area contributed by atoms with Crippen LogP contribution in [0.1, 0.15) is 5.56 Å². The molecule has 2 heterocycles. The van der Waals surface area contributed by atoms with Crippen LogP contribution in [0.15, 0.2) is 52.4 Å². The Morgan fingerprint density at radius 3 is 2.77 bits per heavy atom. The molecule has 2 aromatic heterocycles. The maximum atomic E-state index is 5.46. The van der Waals surface area contributed by atoms with E-state index in [4.69, 9.17) is 9.47 Å². The fraction of sp³-hybridized carbons (Fsp3) is 0.188. The molecule has 114 valence electrons. The summed E-state index contributed by atoms with van der Waals surface area (Å²) in [5, 5.41) is 0.958. The molecule has 0 spiro atoms. The monoisotopic (exact) mass is 378 g/mol. The zero-order valence-electron chi connectivity index (χ0n) is 12.2. The highest BCUT2D eigenvalue weighted by Crippen LogP contribution is 2.35.